The highest BCUT2D eigenvalue weighted by atomic mass is 32.1. The Kier molecular flexibility index (Phi) is 9.85. The van der Waals surface area contributed by atoms with Crippen LogP contribution in [0.3, 0.4) is 0 Å². The van der Waals surface area contributed by atoms with Crippen molar-refractivity contribution >= 4 is 40.5 Å². The van der Waals surface area contributed by atoms with E-state index in [2.05, 4.69) is 15.5 Å². The largest absolute Gasteiger partial charge is 0.490 e. The summed E-state index contributed by atoms with van der Waals surface area (Å²) in [4.78, 5) is 29.5. The lowest BCUT2D eigenvalue weighted by Crippen LogP contribution is -2.48. The minimum Gasteiger partial charge on any atom is -0.490 e. The molecular formula is C29H34N4O6S. The first-order chi connectivity index (χ1) is 19.4. The van der Waals surface area contributed by atoms with Gasteiger partial charge in [0.15, 0.2) is 22.4 Å². The molecule has 0 unspecified atom stereocenters. The van der Waals surface area contributed by atoms with E-state index in [4.69, 9.17) is 30.8 Å². The second-order valence-electron chi connectivity index (χ2n) is 8.81. The number of anilines is 2. The number of hydrogen-bond donors (Lipinski definition) is 2. The fourth-order valence-electron chi connectivity index (χ4n) is 4.34. The number of nitrogens with zero attached hydrogens (tertiary/aromatic N) is 2. The molecule has 2 N–H and O–H groups in total. The van der Waals surface area contributed by atoms with Gasteiger partial charge < -0.3 is 33.7 Å². The molecule has 3 aromatic rings. The Morgan fingerprint density at radius 3 is 2.08 bits per heavy atom. The number of carbonyl (C=O) groups is 2. The number of thiocarbonyl (C=S) groups is 1. The standard InChI is InChI=1S/C29H34N4O6S/c1-4-36-24-18-20(19-25(37-5-2)26(24)38-6-3)27(34)31-29(40)30-21-9-11-22(12-10-21)32-13-15-33(16-14-32)28(35)23-8-7-17-39-23/h7-12,17-19H,4-6,13-16H2,1-3H3,(H2,30,31,34,40). The van der Waals surface area contributed by atoms with Crippen molar-refractivity contribution in [3.05, 3.63) is 66.1 Å². The van der Waals surface area contributed by atoms with Crippen LogP contribution < -0.4 is 29.7 Å². The van der Waals surface area contributed by atoms with Crippen molar-refractivity contribution < 1.29 is 28.2 Å². The number of rotatable bonds is 10. The molecule has 40 heavy (non-hydrogen) atoms. The van der Waals surface area contributed by atoms with Crippen LogP contribution in [0.2, 0.25) is 0 Å². The fourth-order valence-corrected chi connectivity index (χ4v) is 4.55. The maximum absolute atomic E-state index is 13.0. The van der Waals surface area contributed by atoms with E-state index in [0.29, 0.717) is 74.6 Å². The summed E-state index contributed by atoms with van der Waals surface area (Å²) in [6, 6.07) is 14.4. The minimum atomic E-state index is -0.402. The highest BCUT2D eigenvalue weighted by Gasteiger charge is 2.24. The van der Waals surface area contributed by atoms with Gasteiger partial charge in [0.25, 0.3) is 11.8 Å². The maximum Gasteiger partial charge on any atom is 0.289 e. The van der Waals surface area contributed by atoms with Gasteiger partial charge in [-0.3, -0.25) is 14.9 Å². The zero-order chi connectivity index (χ0) is 28.5. The van der Waals surface area contributed by atoms with Gasteiger partial charge in [0.2, 0.25) is 5.75 Å². The third-order valence-electron chi connectivity index (χ3n) is 6.19. The van der Waals surface area contributed by atoms with E-state index in [-0.39, 0.29) is 11.0 Å². The molecule has 0 aliphatic carbocycles. The number of nitrogens with one attached hydrogen (secondary N) is 2. The van der Waals surface area contributed by atoms with Crippen molar-refractivity contribution in [2.75, 3.05) is 56.2 Å². The second-order valence-corrected chi connectivity index (χ2v) is 9.22. The van der Waals surface area contributed by atoms with Crippen molar-refractivity contribution in [1.29, 1.82) is 0 Å². The Labute approximate surface area is 239 Å². The van der Waals surface area contributed by atoms with E-state index in [9.17, 15) is 9.59 Å². The van der Waals surface area contributed by atoms with Gasteiger partial charge in [0.05, 0.1) is 26.1 Å². The smallest absolute Gasteiger partial charge is 0.289 e. The highest BCUT2D eigenvalue weighted by Crippen LogP contribution is 2.39. The number of benzene rings is 2. The van der Waals surface area contributed by atoms with E-state index in [1.165, 1.54) is 6.26 Å². The maximum atomic E-state index is 13.0. The molecule has 2 heterocycles. The fraction of sp³-hybridized carbons (Fsp3) is 0.345. The summed E-state index contributed by atoms with van der Waals surface area (Å²) < 4.78 is 22.3. The number of piperazine rings is 1. The summed E-state index contributed by atoms with van der Waals surface area (Å²) in [6.45, 7) is 9.47. The lowest BCUT2D eigenvalue weighted by molar-refractivity contribution is 0.0714. The molecule has 1 aliphatic rings. The first kappa shape index (κ1) is 28.8. The molecular weight excluding hydrogens is 532 g/mol. The van der Waals surface area contributed by atoms with Gasteiger partial charge >= 0.3 is 0 Å². The molecule has 1 fully saturated rings. The van der Waals surface area contributed by atoms with E-state index in [0.717, 1.165) is 11.4 Å². The van der Waals surface area contributed by atoms with Gasteiger partial charge in [-0.2, -0.15) is 0 Å². The molecule has 11 heteroatoms. The molecule has 1 aromatic heterocycles. The van der Waals surface area contributed by atoms with Crippen LogP contribution in [0, 0.1) is 0 Å². The molecule has 4 rings (SSSR count). The van der Waals surface area contributed by atoms with E-state index >= 15 is 0 Å². The first-order valence-corrected chi connectivity index (χ1v) is 13.7. The average molecular weight is 567 g/mol. The Hall–Kier alpha value is -4.25. The topological polar surface area (TPSA) is 106 Å². The quantitative estimate of drug-likeness (QED) is 0.342. The third kappa shape index (κ3) is 7.03. The number of carbonyl (C=O) groups excluding carboxylic acids is 2. The summed E-state index contributed by atoms with van der Waals surface area (Å²) in [5.74, 6) is 1.20. The van der Waals surface area contributed by atoms with Crippen LogP contribution in [-0.2, 0) is 0 Å². The summed E-state index contributed by atoms with van der Waals surface area (Å²) in [6.07, 6.45) is 1.51. The lowest BCUT2D eigenvalue weighted by atomic mass is 10.1. The first-order valence-electron chi connectivity index (χ1n) is 13.3. The highest BCUT2D eigenvalue weighted by molar-refractivity contribution is 7.80. The van der Waals surface area contributed by atoms with Gasteiger partial charge in [-0.1, -0.05) is 0 Å². The average Bonchev–Trinajstić information content (AvgIpc) is 3.50. The molecule has 0 bridgehead atoms. The van der Waals surface area contributed by atoms with Crippen LogP contribution in [0.15, 0.2) is 59.2 Å². The Bertz CT molecular complexity index is 1280. The number of hydrogen-bond acceptors (Lipinski definition) is 8. The van der Waals surface area contributed by atoms with Crippen molar-refractivity contribution in [2.24, 2.45) is 0 Å². The van der Waals surface area contributed by atoms with Gasteiger partial charge in [0.1, 0.15) is 0 Å². The molecule has 10 nitrogen and oxygen atoms in total. The van der Waals surface area contributed by atoms with Crippen LogP contribution in [0.25, 0.3) is 0 Å². The van der Waals surface area contributed by atoms with Crippen molar-refractivity contribution in [3.63, 3.8) is 0 Å². The molecule has 2 aromatic carbocycles. The lowest BCUT2D eigenvalue weighted by Gasteiger charge is -2.35. The van der Waals surface area contributed by atoms with Crippen molar-refractivity contribution in [3.8, 4) is 17.2 Å². The molecule has 0 spiro atoms. The Morgan fingerprint density at radius 1 is 0.900 bits per heavy atom. The second kappa shape index (κ2) is 13.7. The predicted octanol–water partition coefficient (Wildman–Crippen LogP) is 4.56. The molecule has 2 amide bonds. The Morgan fingerprint density at radius 2 is 1.52 bits per heavy atom. The normalized spacial score (nSPS) is 13.0. The summed E-state index contributed by atoms with van der Waals surface area (Å²) >= 11 is 5.39. The zero-order valence-corrected chi connectivity index (χ0v) is 23.7. The SMILES string of the molecule is CCOc1cc(C(=O)NC(=S)Nc2ccc(N3CCN(C(=O)c4ccco4)CC3)cc2)cc(OCC)c1OCC. The van der Waals surface area contributed by atoms with Gasteiger partial charge in [0, 0.05) is 43.1 Å². The van der Waals surface area contributed by atoms with Crippen LogP contribution in [0.5, 0.6) is 17.2 Å². The molecule has 1 aliphatic heterocycles. The van der Waals surface area contributed by atoms with Crippen molar-refractivity contribution in [2.45, 2.75) is 20.8 Å². The number of amides is 2. The summed E-state index contributed by atoms with van der Waals surface area (Å²) in [5, 5.41) is 5.93. The van der Waals surface area contributed by atoms with Gasteiger partial charge in [-0.25, -0.2) is 0 Å². The van der Waals surface area contributed by atoms with E-state index in [1.54, 1.807) is 29.2 Å². The van der Waals surface area contributed by atoms with Crippen LogP contribution >= 0.6 is 12.2 Å². The number of ether oxygens (including phenoxy) is 3. The molecule has 0 atom stereocenters. The molecule has 212 valence electrons. The molecule has 0 radical (unpaired) electrons. The summed E-state index contributed by atoms with van der Waals surface area (Å²) in [5.41, 5.74) is 2.10. The summed E-state index contributed by atoms with van der Waals surface area (Å²) in [7, 11) is 0. The van der Waals surface area contributed by atoms with E-state index < -0.39 is 5.91 Å². The minimum absolute atomic E-state index is 0.0896. The third-order valence-corrected chi connectivity index (χ3v) is 6.39. The predicted molar refractivity (Wildman–Crippen MR) is 157 cm³/mol. The van der Waals surface area contributed by atoms with E-state index in [1.807, 2.05) is 45.0 Å². The van der Waals surface area contributed by atoms with Gasteiger partial charge in [-0.05, 0) is 81.5 Å². The van der Waals surface area contributed by atoms with Crippen LogP contribution in [-0.4, -0.2) is 67.8 Å². The van der Waals surface area contributed by atoms with Crippen molar-refractivity contribution in [1.82, 2.24) is 10.2 Å². The van der Waals surface area contributed by atoms with Crippen LogP contribution in [0.1, 0.15) is 41.7 Å². The zero-order valence-electron chi connectivity index (χ0n) is 22.9. The molecule has 0 saturated carbocycles. The van der Waals surface area contributed by atoms with Gasteiger partial charge in [-0.15, -0.1) is 0 Å². The number of furan rings is 1. The van der Waals surface area contributed by atoms with Crippen LogP contribution in [0.4, 0.5) is 11.4 Å². The molecule has 1 saturated heterocycles. The Balaban J connectivity index is 1.34. The monoisotopic (exact) mass is 566 g/mol.